The second-order valence-corrected chi connectivity index (χ2v) is 5.66. The van der Waals surface area contributed by atoms with E-state index in [4.69, 9.17) is 0 Å². The summed E-state index contributed by atoms with van der Waals surface area (Å²) < 4.78 is 1.93. The molecule has 106 valence electrons. The highest BCUT2D eigenvalue weighted by Gasteiger charge is 2.15. The van der Waals surface area contributed by atoms with Crippen LogP contribution in [0.4, 0.5) is 11.4 Å². The molecule has 0 saturated heterocycles. The average Bonchev–Trinajstić information content (AvgIpc) is 2.90. The first-order valence-electron chi connectivity index (χ1n) is 7.13. The normalized spacial score (nSPS) is 13.7. The van der Waals surface area contributed by atoms with Crippen LogP contribution in [0.15, 0.2) is 18.2 Å². The van der Waals surface area contributed by atoms with Crippen LogP contribution in [0.1, 0.15) is 22.5 Å². The van der Waals surface area contributed by atoms with Gasteiger partial charge in [0, 0.05) is 32.9 Å². The molecule has 0 bridgehead atoms. The largest absolute Gasteiger partial charge is 0.378 e. The molecule has 0 atom stereocenters. The Labute approximate surface area is 120 Å². The second-order valence-electron chi connectivity index (χ2n) is 5.66. The molecule has 4 nitrogen and oxygen atoms in total. The third-order valence-corrected chi connectivity index (χ3v) is 4.25. The lowest BCUT2D eigenvalue weighted by molar-refractivity contribution is 0.731. The Morgan fingerprint density at radius 3 is 2.75 bits per heavy atom. The van der Waals surface area contributed by atoms with E-state index in [9.17, 15) is 0 Å². The average molecular weight is 270 g/mol. The lowest BCUT2D eigenvalue weighted by Crippen LogP contribution is -2.12. The van der Waals surface area contributed by atoms with Gasteiger partial charge in [-0.25, -0.2) is 0 Å². The van der Waals surface area contributed by atoms with E-state index < -0.39 is 0 Å². The molecule has 2 aromatic rings. The summed E-state index contributed by atoms with van der Waals surface area (Å²) in [5.41, 5.74) is 7.58. The maximum Gasteiger partial charge on any atom is 0.0827 e. The molecule has 0 fully saturated rings. The lowest BCUT2D eigenvalue weighted by atomic mass is 10.1. The number of fused-ring (bicyclic) bond motifs is 1. The van der Waals surface area contributed by atoms with Crippen molar-refractivity contribution in [2.75, 3.05) is 23.8 Å². The minimum atomic E-state index is 0.852. The number of nitrogens with one attached hydrogen (secondary N) is 1. The van der Waals surface area contributed by atoms with Crippen LogP contribution in [0.5, 0.6) is 0 Å². The molecule has 1 aromatic heterocycles. The van der Waals surface area contributed by atoms with Crippen molar-refractivity contribution < 1.29 is 0 Å². The summed E-state index contributed by atoms with van der Waals surface area (Å²) in [6.07, 6.45) is 1.16. The minimum Gasteiger partial charge on any atom is -0.378 e. The van der Waals surface area contributed by atoms with E-state index >= 15 is 0 Å². The lowest BCUT2D eigenvalue weighted by Gasteiger charge is -2.13. The monoisotopic (exact) mass is 270 g/mol. The van der Waals surface area contributed by atoms with Gasteiger partial charge < -0.3 is 10.2 Å². The molecule has 0 amide bonds. The molecule has 0 saturated carbocycles. The van der Waals surface area contributed by atoms with E-state index in [1.807, 2.05) is 18.7 Å². The van der Waals surface area contributed by atoms with Gasteiger partial charge in [0.25, 0.3) is 0 Å². The van der Waals surface area contributed by atoms with Crippen molar-refractivity contribution in [2.45, 2.75) is 26.8 Å². The van der Waals surface area contributed by atoms with Gasteiger partial charge in [-0.05, 0) is 37.5 Å². The Balaban J connectivity index is 1.76. The molecule has 0 unspecified atom stereocenters. The van der Waals surface area contributed by atoms with Crippen LogP contribution in [0.3, 0.4) is 0 Å². The van der Waals surface area contributed by atoms with Gasteiger partial charge in [0.05, 0.1) is 17.1 Å². The van der Waals surface area contributed by atoms with E-state index in [0.717, 1.165) is 30.9 Å². The zero-order chi connectivity index (χ0) is 14.3. The van der Waals surface area contributed by atoms with Crippen LogP contribution in [0.25, 0.3) is 0 Å². The molecular formula is C16H22N4. The highest BCUT2D eigenvalue weighted by molar-refractivity contribution is 5.59. The number of hydrogen-bond donors (Lipinski definition) is 1. The van der Waals surface area contributed by atoms with Crippen molar-refractivity contribution in [3.63, 3.8) is 0 Å². The van der Waals surface area contributed by atoms with Gasteiger partial charge in [-0.1, -0.05) is 12.1 Å². The fourth-order valence-corrected chi connectivity index (χ4v) is 2.95. The van der Waals surface area contributed by atoms with E-state index in [-0.39, 0.29) is 0 Å². The van der Waals surface area contributed by atoms with Gasteiger partial charge in [0.15, 0.2) is 0 Å². The summed E-state index contributed by atoms with van der Waals surface area (Å²) in [4.78, 5) is 2.32. The highest BCUT2D eigenvalue weighted by Crippen LogP contribution is 2.28. The molecular weight excluding hydrogens is 248 g/mol. The maximum absolute atomic E-state index is 4.44. The zero-order valence-electron chi connectivity index (χ0n) is 12.7. The topological polar surface area (TPSA) is 33.1 Å². The number of anilines is 2. The Bertz CT molecular complexity index is 642. The Morgan fingerprint density at radius 1 is 1.25 bits per heavy atom. The molecule has 0 spiro atoms. The molecule has 0 aliphatic carbocycles. The first-order chi connectivity index (χ1) is 9.56. The fourth-order valence-electron chi connectivity index (χ4n) is 2.95. The van der Waals surface area contributed by atoms with E-state index in [1.165, 1.54) is 22.5 Å². The molecule has 1 aromatic carbocycles. The maximum atomic E-state index is 4.44. The molecule has 1 aliphatic heterocycles. The summed E-state index contributed by atoms with van der Waals surface area (Å²) in [5, 5.41) is 7.96. The smallest absolute Gasteiger partial charge is 0.0827 e. The van der Waals surface area contributed by atoms with Crippen molar-refractivity contribution >= 4 is 11.4 Å². The van der Waals surface area contributed by atoms with Crippen LogP contribution in [-0.2, 0) is 20.0 Å². The number of likely N-dealkylation sites (N-methyl/N-ethyl adjacent to an activating group) is 1. The van der Waals surface area contributed by atoms with Gasteiger partial charge in [-0.3, -0.25) is 4.68 Å². The molecule has 1 aliphatic rings. The number of rotatable bonds is 3. The van der Waals surface area contributed by atoms with Crippen LogP contribution in [0, 0.1) is 13.8 Å². The van der Waals surface area contributed by atoms with Gasteiger partial charge in [-0.15, -0.1) is 0 Å². The van der Waals surface area contributed by atoms with Crippen molar-refractivity contribution in [1.82, 2.24) is 9.78 Å². The SMILES string of the molecule is Cc1nn(C)c(C)c1NCc1ccc2c(c1)CCN2C. The third-order valence-electron chi connectivity index (χ3n) is 4.25. The molecule has 1 N–H and O–H groups in total. The fraction of sp³-hybridized carbons (Fsp3) is 0.438. The van der Waals surface area contributed by atoms with Gasteiger partial charge in [0.1, 0.15) is 0 Å². The van der Waals surface area contributed by atoms with E-state index in [2.05, 4.69) is 47.5 Å². The zero-order valence-corrected chi connectivity index (χ0v) is 12.7. The Hall–Kier alpha value is -1.97. The van der Waals surface area contributed by atoms with E-state index in [1.54, 1.807) is 0 Å². The second kappa shape index (κ2) is 4.85. The summed E-state index contributed by atoms with van der Waals surface area (Å²) in [6.45, 7) is 6.13. The summed E-state index contributed by atoms with van der Waals surface area (Å²) >= 11 is 0. The molecule has 4 heteroatoms. The Morgan fingerprint density at radius 2 is 2.05 bits per heavy atom. The number of benzene rings is 1. The number of hydrogen-bond acceptors (Lipinski definition) is 3. The molecule has 0 radical (unpaired) electrons. The van der Waals surface area contributed by atoms with Gasteiger partial charge >= 0.3 is 0 Å². The van der Waals surface area contributed by atoms with Crippen LogP contribution in [-0.4, -0.2) is 23.4 Å². The first-order valence-corrected chi connectivity index (χ1v) is 7.13. The quantitative estimate of drug-likeness (QED) is 0.931. The predicted molar refractivity (Wildman–Crippen MR) is 83.4 cm³/mol. The summed E-state index contributed by atoms with van der Waals surface area (Å²) in [6, 6.07) is 6.78. The minimum absolute atomic E-state index is 0.852. The molecule has 2 heterocycles. The van der Waals surface area contributed by atoms with Crippen LogP contribution < -0.4 is 10.2 Å². The van der Waals surface area contributed by atoms with Gasteiger partial charge in [-0.2, -0.15) is 5.10 Å². The van der Waals surface area contributed by atoms with Crippen molar-refractivity contribution in [3.05, 3.63) is 40.7 Å². The number of nitrogens with zero attached hydrogens (tertiary/aromatic N) is 3. The first kappa shape index (κ1) is 13.0. The van der Waals surface area contributed by atoms with Crippen molar-refractivity contribution in [2.24, 2.45) is 7.05 Å². The third kappa shape index (κ3) is 2.15. The van der Waals surface area contributed by atoms with Crippen molar-refractivity contribution in [3.8, 4) is 0 Å². The Kier molecular flexibility index (Phi) is 3.16. The van der Waals surface area contributed by atoms with Gasteiger partial charge in [0.2, 0.25) is 0 Å². The summed E-state index contributed by atoms with van der Waals surface area (Å²) in [5.74, 6) is 0. The predicted octanol–water partition coefficient (Wildman–Crippen LogP) is 2.64. The van der Waals surface area contributed by atoms with Crippen LogP contribution in [0.2, 0.25) is 0 Å². The van der Waals surface area contributed by atoms with Crippen molar-refractivity contribution in [1.29, 1.82) is 0 Å². The summed E-state index contributed by atoms with van der Waals surface area (Å²) in [7, 11) is 4.14. The molecule has 3 rings (SSSR count). The number of aromatic nitrogens is 2. The van der Waals surface area contributed by atoms with Crippen LogP contribution >= 0.6 is 0 Å². The molecule has 20 heavy (non-hydrogen) atoms. The van der Waals surface area contributed by atoms with E-state index in [0.29, 0.717) is 0 Å². The number of aryl methyl sites for hydroxylation is 2. The standard InChI is InChI=1S/C16H22N4/c1-11-16(12(2)20(4)18-11)17-10-13-5-6-15-14(9-13)7-8-19(15)3/h5-6,9,17H,7-8,10H2,1-4H3. The highest BCUT2D eigenvalue weighted by atomic mass is 15.3.